The van der Waals surface area contributed by atoms with Crippen LogP contribution in [0, 0.1) is 0 Å². The highest BCUT2D eigenvalue weighted by atomic mass is 35.5. The van der Waals surface area contributed by atoms with Gasteiger partial charge >= 0.3 is 5.97 Å². The van der Waals surface area contributed by atoms with Crippen LogP contribution in [0.5, 0.6) is 0 Å². The first-order valence-electron chi connectivity index (χ1n) is 2.88. The van der Waals surface area contributed by atoms with Gasteiger partial charge in [0.1, 0.15) is 11.3 Å². The second-order valence-corrected chi connectivity index (χ2v) is 2.60. The first-order chi connectivity index (χ1) is 4.36. The highest BCUT2D eigenvalue weighted by Gasteiger charge is 2.28. The van der Waals surface area contributed by atoms with Crippen molar-refractivity contribution in [1.29, 1.82) is 0 Å². The van der Waals surface area contributed by atoms with Gasteiger partial charge in [0, 0.05) is 6.42 Å². The van der Waals surface area contributed by atoms with Gasteiger partial charge in [0.25, 0.3) is 0 Å². The minimum Gasteiger partial charge on any atom is -0.480 e. The lowest BCUT2D eigenvalue weighted by Crippen LogP contribution is -2.46. The van der Waals surface area contributed by atoms with Gasteiger partial charge in [-0.2, -0.15) is 0 Å². The molecular formula is C6H12ClNO3. The molecule has 0 bridgehead atoms. The lowest BCUT2D eigenvalue weighted by Gasteiger charge is -2.16. The van der Waals surface area contributed by atoms with Crippen LogP contribution in [-0.4, -0.2) is 22.4 Å². The molecule has 0 rings (SSSR count). The molecule has 0 spiro atoms. The number of nitrogens with two attached hydrogens (primary N) is 1. The molecule has 0 aromatic rings. The zero-order valence-electron chi connectivity index (χ0n) is 6.46. The molecule has 0 heterocycles. The summed E-state index contributed by atoms with van der Waals surface area (Å²) in [6.45, 7) is 2.63. The summed E-state index contributed by atoms with van der Waals surface area (Å²) >= 11 is 0. The van der Waals surface area contributed by atoms with Crippen LogP contribution in [0.25, 0.3) is 0 Å². The van der Waals surface area contributed by atoms with Crippen LogP contribution in [-0.2, 0) is 9.59 Å². The van der Waals surface area contributed by atoms with Gasteiger partial charge in [-0.25, -0.2) is 0 Å². The Labute approximate surface area is 71.2 Å². The van der Waals surface area contributed by atoms with E-state index in [2.05, 4.69) is 0 Å². The van der Waals surface area contributed by atoms with Crippen LogP contribution in [0.1, 0.15) is 20.3 Å². The molecule has 0 aliphatic heterocycles. The Balaban J connectivity index is 0. The number of halogens is 1. The number of carboxylic acids is 1. The second-order valence-electron chi connectivity index (χ2n) is 2.60. The van der Waals surface area contributed by atoms with Gasteiger partial charge in [-0.1, -0.05) is 0 Å². The SMILES string of the molecule is CC(=O)CC(C)(N)C(=O)O.Cl. The molecule has 0 radical (unpaired) electrons. The van der Waals surface area contributed by atoms with Crippen LogP contribution in [0.3, 0.4) is 0 Å². The molecule has 11 heavy (non-hydrogen) atoms. The molecule has 3 N–H and O–H groups in total. The van der Waals surface area contributed by atoms with Gasteiger partial charge in [0.05, 0.1) is 0 Å². The third kappa shape index (κ3) is 4.75. The summed E-state index contributed by atoms with van der Waals surface area (Å²) in [6.07, 6.45) is -0.123. The van der Waals surface area contributed by atoms with E-state index in [-0.39, 0.29) is 24.6 Å². The van der Waals surface area contributed by atoms with E-state index in [9.17, 15) is 9.59 Å². The monoisotopic (exact) mass is 181 g/mol. The maximum atomic E-state index is 10.4. The molecule has 4 nitrogen and oxygen atoms in total. The third-order valence-corrected chi connectivity index (χ3v) is 1.10. The van der Waals surface area contributed by atoms with E-state index in [1.807, 2.05) is 0 Å². The Hall–Kier alpha value is -0.610. The average molecular weight is 182 g/mol. The average Bonchev–Trinajstić information content (AvgIpc) is 1.60. The lowest BCUT2D eigenvalue weighted by molar-refractivity contribution is -0.144. The van der Waals surface area contributed by atoms with Crippen LogP contribution >= 0.6 is 12.4 Å². The highest BCUT2D eigenvalue weighted by molar-refractivity contribution is 5.87. The molecule has 1 atom stereocenters. The minimum atomic E-state index is -1.41. The number of hydrogen-bond donors (Lipinski definition) is 2. The summed E-state index contributed by atoms with van der Waals surface area (Å²) in [6, 6.07) is 0. The van der Waals surface area contributed by atoms with Crippen LogP contribution in [0.4, 0.5) is 0 Å². The van der Waals surface area contributed by atoms with Gasteiger partial charge in [-0.15, -0.1) is 12.4 Å². The van der Waals surface area contributed by atoms with Crippen molar-refractivity contribution >= 4 is 24.2 Å². The normalized spacial score (nSPS) is 14.5. The summed E-state index contributed by atoms with van der Waals surface area (Å²) in [5.74, 6) is -1.37. The Bertz CT molecular complexity index is 167. The lowest BCUT2D eigenvalue weighted by atomic mass is 9.98. The van der Waals surface area contributed by atoms with Crippen LogP contribution < -0.4 is 5.73 Å². The van der Waals surface area contributed by atoms with E-state index < -0.39 is 11.5 Å². The maximum absolute atomic E-state index is 10.4. The summed E-state index contributed by atoms with van der Waals surface area (Å²) in [7, 11) is 0. The molecule has 0 amide bonds. The molecule has 0 saturated heterocycles. The smallest absolute Gasteiger partial charge is 0.323 e. The quantitative estimate of drug-likeness (QED) is 0.652. The fourth-order valence-electron chi connectivity index (χ4n) is 0.593. The van der Waals surface area contributed by atoms with E-state index in [0.29, 0.717) is 0 Å². The van der Waals surface area contributed by atoms with E-state index >= 15 is 0 Å². The van der Waals surface area contributed by atoms with E-state index in [4.69, 9.17) is 10.8 Å². The number of carbonyl (C=O) groups is 2. The van der Waals surface area contributed by atoms with Crippen molar-refractivity contribution in [2.75, 3.05) is 0 Å². The predicted octanol–water partition coefficient (Wildman–Crippen LogP) is 0.189. The molecule has 1 unspecified atom stereocenters. The molecule has 0 aromatic heterocycles. The fourth-order valence-corrected chi connectivity index (χ4v) is 0.593. The molecule has 0 fully saturated rings. The van der Waals surface area contributed by atoms with Crippen molar-refractivity contribution in [3.63, 3.8) is 0 Å². The van der Waals surface area contributed by atoms with Crippen LogP contribution in [0.2, 0.25) is 0 Å². The summed E-state index contributed by atoms with van der Waals surface area (Å²) in [4.78, 5) is 20.7. The van der Waals surface area contributed by atoms with E-state index in [1.165, 1.54) is 13.8 Å². The summed E-state index contributed by atoms with van der Waals surface area (Å²) in [5.41, 5.74) is 3.83. The number of carboxylic acid groups (broad SMARTS) is 1. The van der Waals surface area contributed by atoms with Gasteiger partial charge in [-0.05, 0) is 13.8 Å². The van der Waals surface area contributed by atoms with Crippen molar-refractivity contribution < 1.29 is 14.7 Å². The molecule has 5 heteroatoms. The number of Topliss-reactive ketones (excluding diaryl/α,β-unsaturated/α-hetero) is 1. The minimum absolute atomic E-state index is 0. The number of hydrogen-bond acceptors (Lipinski definition) is 3. The number of rotatable bonds is 3. The first kappa shape index (κ1) is 13.0. The summed E-state index contributed by atoms with van der Waals surface area (Å²) in [5, 5.41) is 8.41. The molecule has 0 aliphatic carbocycles. The third-order valence-electron chi connectivity index (χ3n) is 1.10. The van der Waals surface area contributed by atoms with Crippen molar-refractivity contribution in [2.24, 2.45) is 5.73 Å². The number of ketones is 1. The second kappa shape index (κ2) is 4.31. The largest absolute Gasteiger partial charge is 0.480 e. The standard InChI is InChI=1S/C6H11NO3.ClH/c1-4(8)3-6(2,7)5(9)10;/h3,7H2,1-2H3,(H,9,10);1H. The van der Waals surface area contributed by atoms with Crippen molar-refractivity contribution in [3.8, 4) is 0 Å². The highest BCUT2D eigenvalue weighted by Crippen LogP contribution is 2.05. The Morgan fingerprint density at radius 3 is 2.00 bits per heavy atom. The van der Waals surface area contributed by atoms with Crippen molar-refractivity contribution in [3.05, 3.63) is 0 Å². The Kier molecular flexibility index (Phi) is 5.09. The molecule has 0 aromatic carbocycles. The van der Waals surface area contributed by atoms with Crippen LogP contribution in [0.15, 0.2) is 0 Å². The predicted molar refractivity (Wildman–Crippen MR) is 42.8 cm³/mol. The van der Waals surface area contributed by atoms with Gasteiger partial charge in [-0.3, -0.25) is 9.59 Å². The van der Waals surface area contributed by atoms with Crippen molar-refractivity contribution in [1.82, 2.24) is 0 Å². The Morgan fingerprint density at radius 2 is 1.91 bits per heavy atom. The number of aliphatic carboxylic acids is 1. The Morgan fingerprint density at radius 1 is 1.55 bits per heavy atom. The van der Waals surface area contributed by atoms with Gasteiger partial charge in [0.15, 0.2) is 0 Å². The zero-order valence-corrected chi connectivity index (χ0v) is 7.27. The van der Waals surface area contributed by atoms with Gasteiger partial charge in [0.2, 0.25) is 0 Å². The zero-order chi connectivity index (χ0) is 8.36. The molecule has 0 saturated carbocycles. The molecule has 0 aliphatic rings. The first-order valence-corrected chi connectivity index (χ1v) is 2.88. The number of carbonyl (C=O) groups excluding carboxylic acids is 1. The molecule has 66 valence electrons. The topological polar surface area (TPSA) is 80.4 Å². The molecular weight excluding hydrogens is 170 g/mol. The van der Waals surface area contributed by atoms with E-state index in [0.717, 1.165) is 0 Å². The summed E-state index contributed by atoms with van der Waals surface area (Å²) < 4.78 is 0. The van der Waals surface area contributed by atoms with Crippen molar-refractivity contribution in [2.45, 2.75) is 25.8 Å². The van der Waals surface area contributed by atoms with Gasteiger partial charge < -0.3 is 10.8 Å². The fraction of sp³-hybridized carbons (Fsp3) is 0.667. The van der Waals surface area contributed by atoms with E-state index in [1.54, 1.807) is 0 Å². The maximum Gasteiger partial charge on any atom is 0.323 e.